The van der Waals surface area contributed by atoms with E-state index in [1.54, 1.807) is 11.8 Å². The molecule has 5 atom stereocenters. The normalized spacial score (nSPS) is 24.7. The van der Waals surface area contributed by atoms with E-state index in [-0.39, 0.29) is 12.0 Å². The molecule has 180 valence electrons. The summed E-state index contributed by atoms with van der Waals surface area (Å²) in [6, 6.07) is 29.9. The van der Waals surface area contributed by atoms with Gasteiger partial charge in [-0.1, -0.05) is 91.0 Å². The predicted molar refractivity (Wildman–Crippen MR) is 134 cm³/mol. The van der Waals surface area contributed by atoms with Crippen molar-refractivity contribution in [1.82, 2.24) is 0 Å². The first-order valence-electron chi connectivity index (χ1n) is 11.5. The van der Waals surface area contributed by atoms with Crippen molar-refractivity contribution >= 4 is 11.8 Å². The number of benzene rings is 3. The van der Waals surface area contributed by atoms with Crippen LogP contribution in [-0.4, -0.2) is 47.8 Å². The first kappa shape index (κ1) is 24.9. The summed E-state index contributed by atoms with van der Waals surface area (Å²) in [5, 5.41) is 11.3. The van der Waals surface area contributed by atoms with Gasteiger partial charge in [0.2, 0.25) is 0 Å². The minimum Gasteiger partial charge on any atom is -0.387 e. The van der Waals surface area contributed by atoms with Gasteiger partial charge in [0, 0.05) is 0 Å². The maximum atomic E-state index is 11.3. The maximum Gasteiger partial charge on any atom is 0.132 e. The van der Waals surface area contributed by atoms with Crippen molar-refractivity contribution in [2.24, 2.45) is 0 Å². The van der Waals surface area contributed by atoms with Gasteiger partial charge in [0.1, 0.15) is 29.9 Å². The molecule has 1 N–H and O–H groups in total. The Morgan fingerprint density at radius 3 is 1.68 bits per heavy atom. The molecule has 0 amide bonds. The van der Waals surface area contributed by atoms with E-state index in [2.05, 4.69) is 0 Å². The van der Waals surface area contributed by atoms with Crippen LogP contribution in [0.4, 0.5) is 0 Å². The molecule has 34 heavy (non-hydrogen) atoms. The summed E-state index contributed by atoms with van der Waals surface area (Å²) in [7, 11) is 0. The van der Waals surface area contributed by atoms with Crippen LogP contribution in [0.2, 0.25) is 0 Å². The van der Waals surface area contributed by atoms with Crippen LogP contribution in [0.25, 0.3) is 0 Å². The predicted octanol–water partition coefficient (Wildman–Crippen LogP) is 4.82. The number of hydrogen-bond acceptors (Lipinski definition) is 6. The van der Waals surface area contributed by atoms with Crippen molar-refractivity contribution in [3.8, 4) is 0 Å². The zero-order valence-corrected chi connectivity index (χ0v) is 20.2. The second-order valence-corrected chi connectivity index (χ2v) is 9.23. The zero-order valence-electron chi connectivity index (χ0n) is 19.4. The van der Waals surface area contributed by atoms with Gasteiger partial charge in [0.05, 0.1) is 26.4 Å². The molecule has 5 nitrogen and oxygen atoms in total. The standard InChI is InChI=1S/C28H32O5S/c1-34-28-27(32-19-23-15-9-4-10-16-23)26(31-18-22-13-7-3-8-14-22)25(29)24(33-28)20-30-17-21-11-5-2-6-12-21/h2-16,24-29H,17-20H2,1H3/t24-,25+,26+,27-,28?/m1/s1. The van der Waals surface area contributed by atoms with Crippen molar-refractivity contribution < 1.29 is 24.1 Å². The van der Waals surface area contributed by atoms with Crippen LogP contribution in [0.1, 0.15) is 16.7 Å². The summed E-state index contributed by atoms with van der Waals surface area (Å²) < 4.78 is 24.7. The number of hydrogen-bond donors (Lipinski definition) is 1. The van der Waals surface area contributed by atoms with E-state index in [1.807, 2.05) is 97.3 Å². The van der Waals surface area contributed by atoms with Crippen LogP contribution in [0, 0.1) is 0 Å². The first-order valence-corrected chi connectivity index (χ1v) is 12.8. The Bertz CT molecular complexity index is 956. The minimum absolute atomic E-state index is 0.268. The quantitative estimate of drug-likeness (QED) is 0.425. The van der Waals surface area contributed by atoms with Crippen LogP contribution in [0.3, 0.4) is 0 Å². The molecule has 3 aromatic carbocycles. The molecule has 1 heterocycles. The highest BCUT2D eigenvalue weighted by molar-refractivity contribution is 7.99. The number of ether oxygens (including phenoxy) is 4. The van der Waals surface area contributed by atoms with Gasteiger partial charge in [-0.15, -0.1) is 11.8 Å². The molecule has 0 aromatic heterocycles. The number of aliphatic hydroxyl groups excluding tert-OH is 1. The van der Waals surface area contributed by atoms with Crippen molar-refractivity contribution in [3.05, 3.63) is 108 Å². The van der Waals surface area contributed by atoms with E-state index in [1.165, 1.54) is 0 Å². The fourth-order valence-electron chi connectivity index (χ4n) is 3.99. The molecule has 0 saturated carbocycles. The molecule has 0 spiro atoms. The monoisotopic (exact) mass is 480 g/mol. The average Bonchev–Trinajstić information content (AvgIpc) is 2.89. The molecule has 1 unspecified atom stereocenters. The van der Waals surface area contributed by atoms with E-state index in [4.69, 9.17) is 18.9 Å². The molecule has 0 radical (unpaired) electrons. The Morgan fingerprint density at radius 2 is 1.18 bits per heavy atom. The van der Waals surface area contributed by atoms with Crippen LogP contribution in [-0.2, 0) is 38.8 Å². The third-order valence-corrected chi connectivity index (χ3v) is 6.66. The van der Waals surface area contributed by atoms with Gasteiger partial charge in [0.15, 0.2) is 0 Å². The fraction of sp³-hybridized carbons (Fsp3) is 0.357. The van der Waals surface area contributed by atoms with E-state index < -0.39 is 24.4 Å². The molecular formula is C28H32O5S. The Morgan fingerprint density at radius 1 is 0.706 bits per heavy atom. The minimum atomic E-state index is -0.886. The third-order valence-electron chi connectivity index (χ3n) is 5.82. The molecule has 0 aliphatic carbocycles. The van der Waals surface area contributed by atoms with Crippen LogP contribution in [0.15, 0.2) is 91.0 Å². The van der Waals surface area contributed by atoms with Gasteiger partial charge in [-0.2, -0.15) is 0 Å². The van der Waals surface area contributed by atoms with E-state index >= 15 is 0 Å². The average molecular weight is 481 g/mol. The SMILES string of the molecule is CSC1O[C@H](COCc2ccccc2)[C@H](O)[C@H](OCc2ccccc2)[C@H]1OCc1ccccc1. The fourth-order valence-corrected chi connectivity index (χ4v) is 4.74. The summed E-state index contributed by atoms with van der Waals surface area (Å²) in [6.45, 7) is 1.52. The second kappa shape index (κ2) is 13.0. The molecule has 6 heteroatoms. The lowest BCUT2D eigenvalue weighted by atomic mass is 9.99. The molecule has 1 aliphatic heterocycles. The number of thioether (sulfide) groups is 1. The zero-order chi connectivity index (χ0) is 23.6. The lowest BCUT2D eigenvalue weighted by molar-refractivity contribution is -0.240. The van der Waals surface area contributed by atoms with Gasteiger partial charge in [-0.05, 0) is 22.9 Å². The molecule has 0 bridgehead atoms. The Kier molecular flexibility index (Phi) is 9.56. The lowest BCUT2D eigenvalue weighted by Gasteiger charge is -2.44. The van der Waals surface area contributed by atoms with E-state index in [0.717, 1.165) is 16.7 Å². The lowest BCUT2D eigenvalue weighted by Crippen LogP contribution is -2.59. The largest absolute Gasteiger partial charge is 0.387 e. The van der Waals surface area contributed by atoms with E-state index in [0.29, 0.717) is 19.8 Å². The summed E-state index contributed by atoms with van der Waals surface area (Å²) in [4.78, 5) is 0. The first-order chi connectivity index (χ1) is 16.7. The number of rotatable bonds is 11. The Balaban J connectivity index is 1.44. The van der Waals surface area contributed by atoms with Crippen LogP contribution >= 0.6 is 11.8 Å². The highest BCUT2D eigenvalue weighted by atomic mass is 32.2. The van der Waals surface area contributed by atoms with Gasteiger partial charge < -0.3 is 24.1 Å². The maximum absolute atomic E-state index is 11.3. The van der Waals surface area contributed by atoms with Crippen molar-refractivity contribution in [2.75, 3.05) is 12.9 Å². The van der Waals surface area contributed by atoms with Crippen molar-refractivity contribution in [2.45, 2.75) is 49.7 Å². The smallest absolute Gasteiger partial charge is 0.132 e. The van der Waals surface area contributed by atoms with Gasteiger partial charge in [0.25, 0.3) is 0 Å². The molecule has 3 aromatic rings. The van der Waals surface area contributed by atoms with Crippen molar-refractivity contribution in [3.63, 3.8) is 0 Å². The summed E-state index contributed by atoms with van der Waals surface area (Å²) in [5.41, 5.74) is 2.89. The van der Waals surface area contributed by atoms with Crippen LogP contribution < -0.4 is 0 Å². The molecule has 1 aliphatic rings. The Hall–Kier alpha value is -2.19. The Labute approximate surface area is 206 Å². The molecule has 1 fully saturated rings. The highest BCUT2D eigenvalue weighted by Crippen LogP contribution is 2.32. The third kappa shape index (κ3) is 6.92. The molecule has 4 rings (SSSR count). The van der Waals surface area contributed by atoms with E-state index in [9.17, 15) is 5.11 Å². The summed E-state index contributed by atoms with van der Waals surface area (Å²) >= 11 is 1.56. The molecule has 1 saturated heterocycles. The van der Waals surface area contributed by atoms with Gasteiger partial charge >= 0.3 is 0 Å². The van der Waals surface area contributed by atoms with Gasteiger partial charge in [-0.25, -0.2) is 0 Å². The summed E-state index contributed by atoms with van der Waals surface area (Å²) in [5.74, 6) is 0. The highest BCUT2D eigenvalue weighted by Gasteiger charge is 2.46. The van der Waals surface area contributed by atoms with Crippen molar-refractivity contribution in [1.29, 1.82) is 0 Å². The second-order valence-electron chi connectivity index (χ2n) is 8.29. The van der Waals surface area contributed by atoms with Crippen LogP contribution in [0.5, 0.6) is 0 Å². The number of aliphatic hydroxyl groups is 1. The van der Waals surface area contributed by atoms with Gasteiger partial charge in [-0.3, -0.25) is 0 Å². The summed E-state index contributed by atoms with van der Waals surface area (Å²) in [6.07, 6.45) is -0.404. The topological polar surface area (TPSA) is 57.2 Å². The molecular weight excluding hydrogens is 448 g/mol.